The third-order valence-electron chi connectivity index (χ3n) is 4.73. The van der Waals surface area contributed by atoms with Crippen LogP contribution in [-0.4, -0.2) is 9.55 Å². The molecule has 4 rings (SSSR count). The standard InChI is InChI=1S/C23H24N2/c1-5-19-18(23(2,3)4)14-15-22(24-19)25-20-12-8-6-10-16(20)17-11-7-9-13-21(17)25/h6-15H,5H2,1-4H3/i5D2. The highest BCUT2D eigenvalue weighted by Crippen LogP contribution is 2.32. The fraction of sp³-hybridized carbons (Fsp3) is 0.261. The fourth-order valence-corrected chi connectivity index (χ4v) is 3.54. The Balaban J connectivity index is 2.07. The molecule has 25 heavy (non-hydrogen) atoms. The van der Waals surface area contributed by atoms with Crippen LogP contribution in [0, 0.1) is 0 Å². The van der Waals surface area contributed by atoms with Gasteiger partial charge < -0.3 is 0 Å². The molecular formula is C23H24N2. The number of rotatable bonds is 2. The van der Waals surface area contributed by atoms with Crippen LogP contribution in [0.2, 0.25) is 0 Å². The second kappa shape index (κ2) is 5.73. The zero-order valence-corrected chi connectivity index (χ0v) is 15.2. The molecule has 4 aromatic rings. The average molecular weight is 330 g/mol. The first-order chi connectivity index (χ1) is 12.7. The normalized spacial score (nSPS) is 13.9. The Kier molecular flexibility index (Phi) is 3.13. The van der Waals surface area contributed by atoms with E-state index in [-0.39, 0.29) is 5.41 Å². The molecular weight excluding hydrogens is 304 g/mol. The molecule has 2 aromatic heterocycles. The molecule has 0 bridgehead atoms. The topological polar surface area (TPSA) is 17.8 Å². The highest BCUT2D eigenvalue weighted by atomic mass is 15.1. The van der Waals surface area contributed by atoms with E-state index in [2.05, 4.69) is 49.6 Å². The van der Waals surface area contributed by atoms with Gasteiger partial charge >= 0.3 is 0 Å². The number of benzene rings is 2. The van der Waals surface area contributed by atoms with Crippen LogP contribution < -0.4 is 0 Å². The lowest BCUT2D eigenvalue weighted by molar-refractivity contribution is 0.578. The summed E-state index contributed by atoms with van der Waals surface area (Å²) in [5.74, 6) is 0.751. The summed E-state index contributed by atoms with van der Waals surface area (Å²) in [7, 11) is 0. The van der Waals surface area contributed by atoms with E-state index in [4.69, 9.17) is 7.73 Å². The van der Waals surface area contributed by atoms with Crippen LogP contribution in [0.25, 0.3) is 27.6 Å². The van der Waals surface area contributed by atoms with Crippen LogP contribution in [0.5, 0.6) is 0 Å². The molecule has 2 heteroatoms. The zero-order valence-electron chi connectivity index (χ0n) is 17.2. The molecule has 2 heterocycles. The maximum Gasteiger partial charge on any atom is 0.137 e. The van der Waals surface area contributed by atoms with Crippen molar-refractivity contribution < 1.29 is 2.74 Å². The minimum atomic E-state index is -1.52. The van der Waals surface area contributed by atoms with E-state index in [1.807, 2.05) is 36.4 Å². The largest absolute Gasteiger partial charge is 0.294 e. The summed E-state index contributed by atoms with van der Waals surface area (Å²) >= 11 is 0. The van der Waals surface area contributed by atoms with Crippen molar-refractivity contribution in [1.29, 1.82) is 0 Å². The smallest absolute Gasteiger partial charge is 0.137 e. The van der Waals surface area contributed by atoms with Crippen LogP contribution in [0.15, 0.2) is 60.7 Å². The molecule has 0 saturated heterocycles. The van der Waals surface area contributed by atoms with Crippen LogP contribution in [0.4, 0.5) is 0 Å². The van der Waals surface area contributed by atoms with Gasteiger partial charge in [0.1, 0.15) is 5.82 Å². The van der Waals surface area contributed by atoms with Crippen LogP contribution in [0.1, 0.15) is 41.7 Å². The quantitative estimate of drug-likeness (QED) is 0.438. The monoisotopic (exact) mass is 330 g/mol. The molecule has 0 amide bonds. The number of aromatic nitrogens is 2. The predicted molar refractivity (Wildman–Crippen MR) is 107 cm³/mol. The molecule has 0 aliphatic carbocycles. The molecule has 0 spiro atoms. The Bertz CT molecular complexity index is 1090. The molecule has 0 aliphatic heterocycles. The molecule has 0 fully saturated rings. The van der Waals surface area contributed by atoms with Crippen LogP contribution in [-0.2, 0) is 11.8 Å². The van der Waals surface area contributed by atoms with Crippen LogP contribution >= 0.6 is 0 Å². The van der Waals surface area contributed by atoms with Crippen molar-refractivity contribution in [3.63, 3.8) is 0 Å². The summed E-state index contributed by atoms with van der Waals surface area (Å²) in [6, 6.07) is 20.6. The van der Waals surface area contributed by atoms with Gasteiger partial charge in [-0.1, -0.05) is 70.2 Å². The van der Waals surface area contributed by atoms with Crippen molar-refractivity contribution in [2.24, 2.45) is 0 Å². The number of hydrogen-bond donors (Lipinski definition) is 0. The van der Waals surface area contributed by atoms with Crippen molar-refractivity contribution in [3.05, 3.63) is 71.9 Å². The average Bonchev–Trinajstić information content (AvgIpc) is 2.94. The van der Waals surface area contributed by atoms with Crippen molar-refractivity contribution in [1.82, 2.24) is 9.55 Å². The van der Waals surface area contributed by atoms with Gasteiger partial charge in [-0.15, -0.1) is 0 Å². The summed E-state index contributed by atoms with van der Waals surface area (Å²) in [5.41, 5.74) is 3.44. The fourth-order valence-electron chi connectivity index (χ4n) is 3.54. The lowest BCUT2D eigenvalue weighted by Crippen LogP contribution is -2.16. The number of hydrogen-bond acceptors (Lipinski definition) is 1. The van der Waals surface area contributed by atoms with Gasteiger partial charge in [0.15, 0.2) is 0 Å². The third kappa shape index (κ3) is 2.53. The Morgan fingerprint density at radius 1 is 0.880 bits per heavy atom. The maximum atomic E-state index is 8.34. The number of pyridine rings is 1. The number of aryl methyl sites for hydroxylation is 1. The first kappa shape index (κ1) is 13.7. The highest BCUT2D eigenvalue weighted by Gasteiger charge is 2.20. The Hall–Kier alpha value is -2.61. The van der Waals surface area contributed by atoms with Gasteiger partial charge in [-0.2, -0.15) is 0 Å². The Morgan fingerprint density at radius 3 is 1.96 bits per heavy atom. The van der Waals surface area contributed by atoms with Crippen molar-refractivity contribution in [3.8, 4) is 5.82 Å². The molecule has 126 valence electrons. The molecule has 0 radical (unpaired) electrons. The molecule has 2 nitrogen and oxygen atoms in total. The summed E-state index contributed by atoms with van der Waals surface area (Å²) in [6.45, 7) is 7.87. The molecule has 0 atom stereocenters. The molecule has 0 saturated carbocycles. The van der Waals surface area contributed by atoms with Crippen molar-refractivity contribution in [2.45, 2.75) is 39.5 Å². The highest BCUT2D eigenvalue weighted by molar-refractivity contribution is 6.09. The lowest BCUT2D eigenvalue weighted by atomic mass is 9.85. The minimum absolute atomic E-state index is 0.176. The van der Waals surface area contributed by atoms with E-state index >= 15 is 0 Å². The zero-order chi connectivity index (χ0) is 19.4. The van der Waals surface area contributed by atoms with E-state index in [0.29, 0.717) is 5.69 Å². The summed E-state index contributed by atoms with van der Waals surface area (Å²) in [5, 5.41) is 2.35. The van der Waals surface area contributed by atoms with Gasteiger partial charge in [0.25, 0.3) is 0 Å². The summed E-state index contributed by atoms with van der Waals surface area (Å²) < 4.78 is 18.8. The van der Waals surface area contributed by atoms with E-state index in [1.54, 1.807) is 6.92 Å². The van der Waals surface area contributed by atoms with E-state index < -0.39 is 6.37 Å². The van der Waals surface area contributed by atoms with Gasteiger partial charge in [0, 0.05) is 19.2 Å². The van der Waals surface area contributed by atoms with Gasteiger partial charge in [0.2, 0.25) is 0 Å². The predicted octanol–water partition coefficient (Wildman–Crippen LogP) is 6.04. The first-order valence-corrected chi connectivity index (χ1v) is 8.68. The van der Waals surface area contributed by atoms with E-state index in [0.717, 1.165) is 22.4 Å². The summed E-state index contributed by atoms with van der Waals surface area (Å²) in [4.78, 5) is 4.84. The Labute approximate surface area is 151 Å². The van der Waals surface area contributed by atoms with Gasteiger partial charge in [0.05, 0.1) is 11.0 Å². The SMILES string of the molecule is [2H]C([2H])(C)c1nc(-n2c3ccccc3c3ccccc32)ccc1C(C)(C)C. The van der Waals surface area contributed by atoms with Gasteiger partial charge in [-0.25, -0.2) is 4.98 Å². The van der Waals surface area contributed by atoms with E-state index in [1.165, 1.54) is 10.8 Å². The number of nitrogens with zero attached hydrogens (tertiary/aromatic N) is 2. The van der Waals surface area contributed by atoms with Crippen molar-refractivity contribution >= 4 is 21.8 Å². The van der Waals surface area contributed by atoms with Gasteiger partial charge in [-0.05, 0) is 35.6 Å². The van der Waals surface area contributed by atoms with E-state index in [9.17, 15) is 0 Å². The number of fused-ring (bicyclic) bond motifs is 3. The molecule has 0 aliphatic rings. The third-order valence-corrected chi connectivity index (χ3v) is 4.73. The minimum Gasteiger partial charge on any atom is -0.294 e. The maximum absolute atomic E-state index is 8.34. The van der Waals surface area contributed by atoms with Gasteiger partial charge in [-0.3, -0.25) is 4.57 Å². The second-order valence-corrected chi connectivity index (χ2v) is 7.44. The first-order valence-electron chi connectivity index (χ1n) is 9.68. The van der Waals surface area contributed by atoms with Crippen LogP contribution in [0.3, 0.4) is 0 Å². The molecule has 2 aromatic carbocycles. The number of para-hydroxylation sites is 2. The second-order valence-electron chi connectivity index (χ2n) is 7.44. The van der Waals surface area contributed by atoms with Crippen molar-refractivity contribution in [2.75, 3.05) is 0 Å². The molecule has 0 unspecified atom stereocenters. The lowest BCUT2D eigenvalue weighted by Gasteiger charge is -2.22. The molecule has 0 N–H and O–H groups in total. The Morgan fingerprint density at radius 2 is 1.44 bits per heavy atom. The summed E-state index contributed by atoms with van der Waals surface area (Å²) in [6.07, 6.45) is -1.52.